The first-order valence-corrected chi connectivity index (χ1v) is 5.56. The van der Waals surface area contributed by atoms with Crippen LogP contribution in [-0.4, -0.2) is 54.7 Å². The number of hydrogen-bond donors (Lipinski definition) is 3. The first-order valence-electron chi connectivity index (χ1n) is 5.56. The number of aliphatic carboxylic acids is 1. The number of nitrogens with zero attached hydrogens (tertiary/aromatic N) is 1. The van der Waals surface area contributed by atoms with Crippen molar-refractivity contribution in [2.45, 2.75) is 20.3 Å². The van der Waals surface area contributed by atoms with Crippen LogP contribution >= 0.6 is 0 Å². The van der Waals surface area contributed by atoms with E-state index in [1.54, 1.807) is 0 Å². The summed E-state index contributed by atoms with van der Waals surface area (Å²) in [5.41, 5.74) is 0. The Bertz CT molecular complexity index is 221. The third kappa shape index (κ3) is 8.05. The number of carboxylic acids is 1. The summed E-state index contributed by atoms with van der Waals surface area (Å²) in [7, 11) is 0. The van der Waals surface area contributed by atoms with Crippen LogP contribution in [-0.2, 0) is 4.79 Å². The van der Waals surface area contributed by atoms with E-state index in [4.69, 9.17) is 5.11 Å². The lowest BCUT2D eigenvalue weighted by molar-refractivity contribution is -0.135. The highest BCUT2D eigenvalue weighted by Crippen LogP contribution is 1.88. The van der Waals surface area contributed by atoms with E-state index in [-0.39, 0.29) is 6.54 Å². The smallest absolute Gasteiger partial charge is 0.323 e. The van der Waals surface area contributed by atoms with E-state index >= 15 is 0 Å². The van der Waals surface area contributed by atoms with Gasteiger partial charge in [-0.25, -0.2) is 4.79 Å². The van der Waals surface area contributed by atoms with Gasteiger partial charge in [-0.15, -0.1) is 0 Å². The first kappa shape index (κ1) is 14.7. The molecule has 0 saturated carbocycles. The normalized spacial score (nSPS) is 10.2. The minimum absolute atomic E-state index is 0.349. The SMILES string of the molecule is CCCN(CC)CCNC(=O)NCC(=O)O. The minimum atomic E-state index is -1.05. The second-order valence-corrected chi connectivity index (χ2v) is 3.44. The molecule has 0 aliphatic rings. The van der Waals surface area contributed by atoms with E-state index < -0.39 is 12.0 Å². The number of rotatable bonds is 8. The molecule has 0 atom stereocenters. The van der Waals surface area contributed by atoms with E-state index in [2.05, 4.69) is 29.4 Å². The number of carbonyl (C=O) groups is 2. The molecule has 0 aromatic rings. The maximum atomic E-state index is 11.1. The third-order valence-corrected chi connectivity index (χ3v) is 2.10. The summed E-state index contributed by atoms with van der Waals surface area (Å²) in [5, 5.41) is 13.2. The van der Waals surface area contributed by atoms with Gasteiger partial charge in [0.1, 0.15) is 6.54 Å². The van der Waals surface area contributed by atoms with Gasteiger partial charge in [0.2, 0.25) is 0 Å². The minimum Gasteiger partial charge on any atom is -0.480 e. The van der Waals surface area contributed by atoms with Gasteiger partial charge in [-0.2, -0.15) is 0 Å². The molecule has 0 aliphatic carbocycles. The van der Waals surface area contributed by atoms with Crippen molar-refractivity contribution in [1.82, 2.24) is 15.5 Å². The highest BCUT2D eigenvalue weighted by atomic mass is 16.4. The zero-order chi connectivity index (χ0) is 12.4. The molecule has 6 nitrogen and oxygen atoms in total. The summed E-state index contributed by atoms with van der Waals surface area (Å²) >= 11 is 0. The molecular weight excluding hydrogens is 210 g/mol. The van der Waals surface area contributed by atoms with Crippen LogP contribution < -0.4 is 10.6 Å². The van der Waals surface area contributed by atoms with Crippen LogP contribution in [0.25, 0.3) is 0 Å². The molecule has 6 heteroatoms. The van der Waals surface area contributed by atoms with Crippen molar-refractivity contribution < 1.29 is 14.7 Å². The maximum Gasteiger partial charge on any atom is 0.323 e. The summed E-state index contributed by atoms with van der Waals surface area (Å²) in [5.74, 6) is -1.05. The van der Waals surface area contributed by atoms with E-state index in [0.29, 0.717) is 6.54 Å². The molecule has 0 bridgehead atoms. The number of carbonyl (C=O) groups excluding carboxylic acids is 1. The molecule has 0 saturated heterocycles. The fraction of sp³-hybridized carbons (Fsp3) is 0.800. The highest BCUT2D eigenvalue weighted by molar-refractivity contribution is 5.79. The molecule has 16 heavy (non-hydrogen) atoms. The highest BCUT2D eigenvalue weighted by Gasteiger charge is 2.04. The summed E-state index contributed by atoms with van der Waals surface area (Å²) in [6, 6.07) is -0.435. The van der Waals surface area contributed by atoms with Crippen molar-refractivity contribution in [1.29, 1.82) is 0 Å². The number of hydrogen-bond acceptors (Lipinski definition) is 3. The monoisotopic (exact) mass is 231 g/mol. The maximum absolute atomic E-state index is 11.1. The van der Waals surface area contributed by atoms with Crippen LogP contribution in [0.3, 0.4) is 0 Å². The first-order chi connectivity index (χ1) is 7.60. The van der Waals surface area contributed by atoms with Gasteiger partial charge < -0.3 is 20.6 Å². The van der Waals surface area contributed by atoms with Crippen molar-refractivity contribution in [3.8, 4) is 0 Å². The second kappa shape index (κ2) is 8.96. The Labute approximate surface area is 96.0 Å². The van der Waals surface area contributed by atoms with E-state index in [1.807, 2.05) is 0 Å². The topological polar surface area (TPSA) is 81.7 Å². The Morgan fingerprint density at radius 1 is 1.19 bits per heavy atom. The molecule has 0 radical (unpaired) electrons. The standard InChI is InChI=1S/C10H21N3O3/c1-3-6-13(4-2)7-5-11-10(16)12-8-9(14)15/h3-8H2,1-2H3,(H,14,15)(H2,11,12,16). The summed E-state index contributed by atoms with van der Waals surface area (Å²) in [6.45, 7) is 7.10. The van der Waals surface area contributed by atoms with Crippen LogP contribution in [0.2, 0.25) is 0 Å². The van der Waals surface area contributed by atoms with Crippen LogP contribution in [0, 0.1) is 0 Å². The van der Waals surface area contributed by atoms with Crippen molar-refractivity contribution in [3.63, 3.8) is 0 Å². The third-order valence-electron chi connectivity index (χ3n) is 2.10. The zero-order valence-electron chi connectivity index (χ0n) is 9.95. The summed E-state index contributed by atoms with van der Waals surface area (Å²) in [4.78, 5) is 23.5. The molecule has 0 aromatic carbocycles. The van der Waals surface area contributed by atoms with Crippen molar-refractivity contribution in [2.24, 2.45) is 0 Å². The number of likely N-dealkylation sites (N-methyl/N-ethyl adjacent to an activating group) is 1. The van der Waals surface area contributed by atoms with Crippen molar-refractivity contribution in [3.05, 3.63) is 0 Å². The van der Waals surface area contributed by atoms with Gasteiger partial charge in [0.05, 0.1) is 0 Å². The average molecular weight is 231 g/mol. The second-order valence-electron chi connectivity index (χ2n) is 3.44. The molecule has 2 amide bonds. The summed E-state index contributed by atoms with van der Waals surface area (Å²) in [6.07, 6.45) is 1.08. The zero-order valence-corrected chi connectivity index (χ0v) is 9.95. The largest absolute Gasteiger partial charge is 0.480 e. The van der Waals surface area contributed by atoms with Crippen LogP contribution in [0.5, 0.6) is 0 Å². The molecule has 0 rings (SSSR count). The van der Waals surface area contributed by atoms with Gasteiger partial charge in [-0.1, -0.05) is 13.8 Å². The van der Waals surface area contributed by atoms with Gasteiger partial charge in [0.25, 0.3) is 0 Å². The van der Waals surface area contributed by atoms with Crippen molar-refractivity contribution >= 4 is 12.0 Å². The van der Waals surface area contributed by atoms with Crippen LogP contribution in [0.15, 0.2) is 0 Å². The Morgan fingerprint density at radius 3 is 2.38 bits per heavy atom. The Kier molecular flexibility index (Phi) is 8.24. The lowest BCUT2D eigenvalue weighted by Gasteiger charge is -2.19. The fourth-order valence-electron chi connectivity index (χ4n) is 1.29. The molecule has 3 N–H and O–H groups in total. The molecule has 0 heterocycles. The van der Waals surface area contributed by atoms with Gasteiger partial charge in [-0.3, -0.25) is 4.79 Å². The predicted molar refractivity (Wildman–Crippen MR) is 61.4 cm³/mol. The number of carboxylic acid groups (broad SMARTS) is 1. The van der Waals surface area contributed by atoms with Crippen LogP contribution in [0.1, 0.15) is 20.3 Å². The molecule has 0 aliphatic heterocycles. The predicted octanol–water partition coefficient (Wildman–Crippen LogP) is 0.102. The fourth-order valence-corrected chi connectivity index (χ4v) is 1.29. The van der Waals surface area contributed by atoms with Gasteiger partial charge >= 0.3 is 12.0 Å². The van der Waals surface area contributed by atoms with Gasteiger partial charge in [-0.05, 0) is 19.5 Å². The number of nitrogens with one attached hydrogen (secondary N) is 2. The Hall–Kier alpha value is -1.30. The van der Waals surface area contributed by atoms with E-state index in [9.17, 15) is 9.59 Å². The lowest BCUT2D eigenvalue weighted by atomic mass is 10.4. The quantitative estimate of drug-likeness (QED) is 0.553. The number of urea groups is 1. The molecular formula is C10H21N3O3. The molecule has 0 aromatic heterocycles. The number of amides is 2. The average Bonchev–Trinajstić information content (AvgIpc) is 2.25. The van der Waals surface area contributed by atoms with E-state index in [0.717, 1.165) is 26.1 Å². The van der Waals surface area contributed by atoms with Crippen LogP contribution in [0.4, 0.5) is 4.79 Å². The Balaban J connectivity index is 3.55. The van der Waals surface area contributed by atoms with E-state index in [1.165, 1.54) is 0 Å². The van der Waals surface area contributed by atoms with Gasteiger partial charge in [0, 0.05) is 13.1 Å². The summed E-state index contributed by atoms with van der Waals surface area (Å²) < 4.78 is 0. The molecule has 94 valence electrons. The van der Waals surface area contributed by atoms with Crippen molar-refractivity contribution in [2.75, 3.05) is 32.7 Å². The Morgan fingerprint density at radius 2 is 1.88 bits per heavy atom. The van der Waals surface area contributed by atoms with Gasteiger partial charge in [0.15, 0.2) is 0 Å². The molecule has 0 fully saturated rings. The molecule has 0 unspecified atom stereocenters. The molecule has 0 spiro atoms. The lowest BCUT2D eigenvalue weighted by Crippen LogP contribution is -2.42.